The van der Waals surface area contributed by atoms with Crippen LogP contribution < -0.4 is 15.0 Å². The van der Waals surface area contributed by atoms with E-state index in [1.54, 1.807) is 7.11 Å². The first-order chi connectivity index (χ1) is 13.2. The molecule has 1 aliphatic heterocycles. The van der Waals surface area contributed by atoms with Gasteiger partial charge < -0.3 is 15.0 Å². The minimum Gasteiger partial charge on any atom is -0.497 e. The van der Waals surface area contributed by atoms with Gasteiger partial charge in [-0.15, -0.1) is 0 Å². The summed E-state index contributed by atoms with van der Waals surface area (Å²) in [6.45, 7) is 2.19. The molecule has 0 saturated heterocycles. The molecule has 3 aromatic rings. The summed E-state index contributed by atoms with van der Waals surface area (Å²) in [5.74, 6) is 0.700. The highest BCUT2D eigenvalue weighted by molar-refractivity contribution is 5.94. The fourth-order valence-corrected chi connectivity index (χ4v) is 3.29. The second-order valence-electron chi connectivity index (χ2n) is 6.58. The molecular formula is C22H21N3O2. The largest absolute Gasteiger partial charge is 0.497 e. The Hall–Kier alpha value is -3.34. The molecule has 5 nitrogen and oxygen atoms in total. The number of aromatic nitrogens is 1. The van der Waals surface area contributed by atoms with E-state index >= 15 is 0 Å². The molecule has 2 aromatic carbocycles. The van der Waals surface area contributed by atoms with Crippen molar-refractivity contribution in [2.75, 3.05) is 12.0 Å². The second-order valence-corrected chi connectivity index (χ2v) is 6.58. The van der Waals surface area contributed by atoms with Gasteiger partial charge in [0.1, 0.15) is 5.75 Å². The van der Waals surface area contributed by atoms with Crippen molar-refractivity contribution in [3.63, 3.8) is 0 Å². The first-order valence-electron chi connectivity index (χ1n) is 8.91. The third-order valence-corrected chi connectivity index (χ3v) is 4.81. The maximum absolute atomic E-state index is 12.4. The Labute approximate surface area is 158 Å². The molecule has 0 aliphatic carbocycles. The molecule has 0 unspecified atom stereocenters. The van der Waals surface area contributed by atoms with E-state index in [1.807, 2.05) is 60.9 Å². The number of anilines is 1. The fraction of sp³-hybridized carbons (Fsp3) is 0.182. The number of rotatable bonds is 5. The van der Waals surface area contributed by atoms with E-state index in [9.17, 15) is 4.79 Å². The molecule has 0 spiro atoms. The molecular weight excluding hydrogens is 338 g/mol. The summed E-state index contributed by atoms with van der Waals surface area (Å²) in [5.41, 5.74) is 5.33. The van der Waals surface area contributed by atoms with Gasteiger partial charge in [0.15, 0.2) is 0 Å². The molecule has 1 N–H and O–H groups in total. The number of nitrogens with zero attached hydrogens (tertiary/aromatic N) is 2. The van der Waals surface area contributed by atoms with Gasteiger partial charge in [-0.1, -0.05) is 12.1 Å². The Kier molecular flexibility index (Phi) is 4.75. The maximum Gasteiger partial charge on any atom is 0.251 e. The van der Waals surface area contributed by atoms with Crippen LogP contribution in [-0.2, 0) is 19.6 Å². The number of amides is 1. The molecule has 1 amide bonds. The number of benzene rings is 2. The van der Waals surface area contributed by atoms with Crippen molar-refractivity contribution in [2.45, 2.75) is 19.6 Å². The van der Waals surface area contributed by atoms with E-state index in [2.05, 4.69) is 21.3 Å². The molecule has 0 bridgehead atoms. The van der Waals surface area contributed by atoms with Gasteiger partial charge in [-0.3, -0.25) is 9.78 Å². The lowest BCUT2D eigenvalue weighted by Crippen LogP contribution is -2.23. The van der Waals surface area contributed by atoms with Crippen molar-refractivity contribution >= 4 is 11.6 Å². The lowest BCUT2D eigenvalue weighted by atomic mass is 10.1. The van der Waals surface area contributed by atoms with Gasteiger partial charge in [0, 0.05) is 43.3 Å². The zero-order valence-corrected chi connectivity index (χ0v) is 15.2. The molecule has 0 radical (unpaired) electrons. The summed E-state index contributed by atoms with van der Waals surface area (Å²) in [6, 6.07) is 17.5. The van der Waals surface area contributed by atoms with Crippen LogP contribution in [0.1, 0.15) is 27.0 Å². The summed E-state index contributed by atoms with van der Waals surface area (Å²) in [5, 5.41) is 2.95. The van der Waals surface area contributed by atoms with Gasteiger partial charge in [0.25, 0.3) is 5.91 Å². The number of carbonyl (C=O) groups is 1. The number of hydrogen-bond acceptors (Lipinski definition) is 4. The number of nitrogens with one attached hydrogen (secondary N) is 1. The van der Waals surface area contributed by atoms with Crippen molar-refractivity contribution in [1.82, 2.24) is 10.3 Å². The molecule has 1 aliphatic rings. The van der Waals surface area contributed by atoms with Gasteiger partial charge in [-0.05, 0) is 59.2 Å². The van der Waals surface area contributed by atoms with E-state index in [0.717, 1.165) is 30.1 Å². The van der Waals surface area contributed by atoms with Crippen LogP contribution in [0.25, 0.3) is 0 Å². The summed E-state index contributed by atoms with van der Waals surface area (Å²) in [4.78, 5) is 18.9. The van der Waals surface area contributed by atoms with Crippen LogP contribution in [0.5, 0.6) is 5.75 Å². The molecule has 0 fully saturated rings. The predicted molar refractivity (Wildman–Crippen MR) is 105 cm³/mol. The normalized spacial score (nSPS) is 12.6. The number of methoxy groups -OCH3 is 1. The predicted octanol–water partition coefficient (Wildman–Crippen LogP) is 3.54. The first kappa shape index (κ1) is 17.1. The van der Waals surface area contributed by atoms with Crippen LogP contribution in [0.3, 0.4) is 0 Å². The summed E-state index contributed by atoms with van der Waals surface area (Å²) in [7, 11) is 1.63. The van der Waals surface area contributed by atoms with Gasteiger partial charge in [-0.25, -0.2) is 0 Å². The Bertz CT molecular complexity index is 929. The van der Waals surface area contributed by atoms with Crippen LogP contribution in [0.2, 0.25) is 0 Å². The average Bonchev–Trinajstić information content (AvgIpc) is 3.16. The zero-order valence-electron chi connectivity index (χ0n) is 15.2. The van der Waals surface area contributed by atoms with Crippen LogP contribution in [0.15, 0.2) is 67.0 Å². The molecule has 4 rings (SSSR count). The molecule has 0 atom stereocenters. The monoisotopic (exact) mass is 359 g/mol. The third kappa shape index (κ3) is 3.77. The summed E-state index contributed by atoms with van der Waals surface area (Å²) < 4.78 is 5.21. The number of fused-ring (bicyclic) bond motifs is 1. The lowest BCUT2D eigenvalue weighted by Gasteiger charge is -2.18. The Balaban J connectivity index is 1.38. The van der Waals surface area contributed by atoms with Crippen molar-refractivity contribution < 1.29 is 9.53 Å². The molecule has 1 aromatic heterocycles. The third-order valence-electron chi connectivity index (χ3n) is 4.81. The van der Waals surface area contributed by atoms with Crippen molar-refractivity contribution in [3.8, 4) is 5.75 Å². The van der Waals surface area contributed by atoms with Crippen molar-refractivity contribution in [2.24, 2.45) is 0 Å². The van der Waals surface area contributed by atoms with E-state index in [0.29, 0.717) is 12.1 Å². The number of carbonyl (C=O) groups excluding carboxylic acids is 1. The summed E-state index contributed by atoms with van der Waals surface area (Å²) in [6.07, 6.45) is 3.76. The number of hydrogen-bond donors (Lipinski definition) is 1. The van der Waals surface area contributed by atoms with Gasteiger partial charge >= 0.3 is 0 Å². The molecule has 0 saturated carbocycles. The zero-order chi connectivity index (χ0) is 18.6. The average molecular weight is 359 g/mol. The standard InChI is InChI=1S/C22H21N3O2/c1-27-21-4-2-3-16(11-21)12-24-22(26)17-5-7-20(8-6-17)25-14-18-9-10-23-13-19(18)15-25/h2-11,13H,12,14-15H2,1H3,(H,24,26). The molecule has 2 heterocycles. The highest BCUT2D eigenvalue weighted by atomic mass is 16.5. The first-order valence-corrected chi connectivity index (χ1v) is 8.91. The SMILES string of the molecule is COc1cccc(CNC(=O)c2ccc(N3Cc4ccncc4C3)cc2)c1. The lowest BCUT2D eigenvalue weighted by molar-refractivity contribution is 0.0951. The summed E-state index contributed by atoms with van der Waals surface area (Å²) >= 11 is 0. The van der Waals surface area contributed by atoms with Crippen LogP contribution in [0.4, 0.5) is 5.69 Å². The van der Waals surface area contributed by atoms with Crippen molar-refractivity contribution in [3.05, 3.63) is 89.2 Å². The minimum absolute atomic E-state index is 0.0849. The highest BCUT2D eigenvalue weighted by Gasteiger charge is 2.19. The smallest absolute Gasteiger partial charge is 0.251 e. The van der Waals surface area contributed by atoms with E-state index in [-0.39, 0.29) is 5.91 Å². The number of ether oxygens (including phenoxy) is 1. The van der Waals surface area contributed by atoms with E-state index < -0.39 is 0 Å². The minimum atomic E-state index is -0.0849. The van der Waals surface area contributed by atoms with Gasteiger partial charge in [-0.2, -0.15) is 0 Å². The van der Waals surface area contributed by atoms with Crippen LogP contribution in [0, 0.1) is 0 Å². The molecule has 136 valence electrons. The Morgan fingerprint density at radius 3 is 2.70 bits per heavy atom. The van der Waals surface area contributed by atoms with Gasteiger partial charge in [0.2, 0.25) is 0 Å². The Morgan fingerprint density at radius 1 is 1.11 bits per heavy atom. The topological polar surface area (TPSA) is 54.5 Å². The quantitative estimate of drug-likeness (QED) is 0.757. The van der Waals surface area contributed by atoms with E-state index in [1.165, 1.54) is 11.1 Å². The van der Waals surface area contributed by atoms with Crippen LogP contribution in [-0.4, -0.2) is 18.0 Å². The Morgan fingerprint density at radius 2 is 1.93 bits per heavy atom. The highest BCUT2D eigenvalue weighted by Crippen LogP contribution is 2.27. The van der Waals surface area contributed by atoms with E-state index in [4.69, 9.17) is 4.74 Å². The maximum atomic E-state index is 12.4. The van der Waals surface area contributed by atoms with Crippen LogP contribution >= 0.6 is 0 Å². The van der Waals surface area contributed by atoms with Gasteiger partial charge in [0.05, 0.1) is 7.11 Å². The molecule has 27 heavy (non-hydrogen) atoms. The second kappa shape index (κ2) is 7.50. The number of pyridine rings is 1. The fourth-order valence-electron chi connectivity index (χ4n) is 3.29. The van der Waals surface area contributed by atoms with Crippen molar-refractivity contribution in [1.29, 1.82) is 0 Å². The molecule has 5 heteroatoms.